The van der Waals surface area contributed by atoms with Gasteiger partial charge in [0.2, 0.25) is 0 Å². The standard InChI is InChI=1S/C43H44BrNO4/c1-42(2)22-33-39(35(46)24-42)38(40-34(23-43(3,4)25-36(40)47)45(33)19-18-27-12-7-6-8-13-27)30-20-32(44)41(37(21-30)48-5)49-26-29-16-11-15-28-14-9-10-17-31(28)29/h6-17,20-21,38H,18-19,22-26H2,1-5H3. The molecule has 4 aromatic carbocycles. The summed E-state index contributed by atoms with van der Waals surface area (Å²) in [7, 11) is 1.64. The second kappa shape index (κ2) is 12.9. The van der Waals surface area contributed by atoms with Gasteiger partial charge in [-0.1, -0.05) is 100 Å². The van der Waals surface area contributed by atoms with Crippen molar-refractivity contribution in [2.75, 3.05) is 13.7 Å². The first-order chi connectivity index (χ1) is 23.4. The minimum Gasteiger partial charge on any atom is -0.493 e. The number of rotatable bonds is 8. The van der Waals surface area contributed by atoms with Gasteiger partial charge in [0.15, 0.2) is 23.1 Å². The zero-order chi connectivity index (χ0) is 34.5. The summed E-state index contributed by atoms with van der Waals surface area (Å²) in [5.41, 5.74) is 6.47. The molecule has 1 aliphatic heterocycles. The van der Waals surface area contributed by atoms with Crippen molar-refractivity contribution in [1.29, 1.82) is 0 Å². The van der Waals surface area contributed by atoms with Gasteiger partial charge in [0, 0.05) is 47.8 Å². The fourth-order valence-electron chi connectivity index (χ4n) is 8.15. The molecule has 0 fully saturated rings. The lowest BCUT2D eigenvalue weighted by atomic mass is 9.63. The van der Waals surface area contributed by atoms with Crippen LogP contribution in [-0.2, 0) is 22.6 Å². The van der Waals surface area contributed by atoms with Crippen LogP contribution in [0.25, 0.3) is 10.8 Å². The van der Waals surface area contributed by atoms with Crippen LogP contribution in [0.3, 0.4) is 0 Å². The Kier molecular flexibility index (Phi) is 8.81. The molecule has 6 heteroatoms. The summed E-state index contributed by atoms with van der Waals surface area (Å²) in [5, 5.41) is 2.31. The zero-order valence-corrected chi connectivity index (χ0v) is 30.7. The second-order valence-corrected chi connectivity index (χ2v) is 16.2. The van der Waals surface area contributed by atoms with Gasteiger partial charge < -0.3 is 14.4 Å². The van der Waals surface area contributed by atoms with Crippen molar-refractivity contribution in [3.05, 3.63) is 129 Å². The SMILES string of the molecule is COc1cc(C2C3=C(CC(C)(C)CC3=O)N(CCc3ccccc3)C3=C2C(=O)CC(C)(C)C3)cc(Br)c1OCc1cccc2ccccc12. The molecule has 1 heterocycles. The number of ether oxygens (including phenoxy) is 2. The molecule has 0 amide bonds. The number of nitrogens with zero attached hydrogens (tertiary/aromatic N) is 1. The normalized spacial score (nSPS) is 18.9. The van der Waals surface area contributed by atoms with Gasteiger partial charge in [0.25, 0.3) is 0 Å². The minimum atomic E-state index is -0.470. The van der Waals surface area contributed by atoms with Crippen molar-refractivity contribution in [2.24, 2.45) is 10.8 Å². The van der Waals surface area contributed by atoms with E-state index in [9.17, 15) is 9.59 Å². The van der Waals surface area contributed by atoms with E-state index in [0.29, 0.717) is 30.9 Å². The average molecular weight is 719 g/mol. The van der Waals surface area contributed by atoms with E-state index in [-0.39, 0.29) is 22.4 Å². The molecule has 0 saturated carbocycles. The summed E-state index contributed by atoms with van der Waals surface area (Å²) in [6.45, 7) is 9.80. The van der Waals surface area contributed by atoms with E-state index in [0.717, 1.165) is 74.7 Å². The van der Waals surface area contributed by atoms with Crippen LogP contribution in [-0.4, -0.2) is 30.1 Å². The first-order valence-corrected chi connectivity index (χ1v) is 18.0. The zero-order valence-electron chi connectivity index (χ0n) is 29.1. The van der Waals surface area contributed by atoms with Gasteiger partial charge in [-0.15, -0.1) is 0 Å². The van der Waals surface area contributed by atoms with Gasteiger partial charge in [-0.25, -0.2) is 0 Å². The number of carbonyl (C=O) groups is 2. The van der Waals surface area contributed by atoms with Crippen LogP contribution >= 0.6 is 15.9 Å². The summed E-state index contributed by atoms with van der Waals surface area (Å²) in [6.07, 6.45) is 3.26. The van der Waals surface area contributed by atoms with Crippen LogP contribution in [0, 0.1) is 10.8 Å². The van der Waals surface area contributed by atoms with E-state index >= 15 is 0 Å². The van der Waals surface area contributed by atoms with Crippen molar-refractivity contribution in [3.8, 4) is 11.5 Å². The van der Waals surface area contributed by atoms with Crippen LogP contribution in [0.1, 0.15) is 76.0 Å². The molecule has 252 valence electrons. The van der Waals surface area contributed by atoms with Crippen LogP contribution in [0.4, 0.5) is 0 Å². The van der Waals surface area contributed by atoms with Gasteiger partial charge in [-0.2, -0.15) is 0 Å². The lowest BCUT2D eigenvalue weighted by Crippen LogP contribution is -2.45. The summed E-state index contributed by atoms with van der Waals surface area (Å²) in [4.78, 5) is 31.0. The maximum Gasteiger partial charge on any atom is 0.175 e. The van der Waals surface area contributed by atoms with E-state index < -0.39 is 5.92 Å². The van der Waals surface area contributed by atoms with Crippen molar-refractivity contribution >= 4 is 38.3 Å². The summed E-state index contributed by atoms with van der Waals surface area (Å²) >= 11 is 3.82. The van der Waals surface area contributed by atoms with Crippen LogP contribution in [0.15, 0.2) is 112 Å². The predicted octanol–water partition coefficient (Wildman–Crippen LogP) is 10.1. The monoisotopic (exact) mass is 717 g/mol. The quantitative estimate of drug-likeness (QED) is 0.182. The Morgan fingerprint density at radius 3 is 2.04 bits per heavy atom. The van der Waals surface area contributed by atoms with Crippen molar-refractivity contribution < 1.29 is 19.1 Å². The Hall–Kier alpha value is -4.16. The van der Waals surface area contributed by atoms with Gasteiger partial charge in [0.05, 0.1) is 11.6 Å². The van der Waals surface area contributed by atoms with E-state index in [1.54, 1.807) is 7.11 Å². The molecule has 3 aliphatic rings. The maximum atomic E-state index is 14.3. The van der Waals surface area contributed by atoms with E-state index in [1.807, 2.05) is 36.4 Å². The summed E-state index contributed by atoms with van der Waals surface area (Å²) in [6, 6.07) is 29.0. The first kappa shape index (κ1) is 33.3. The third-order valence-electron chi connectivity index (χ3n) is 10.3. The average Bonchev–Trinajstić information content (AvgIpc) is 3.05. The molecule has 4 aromatic rings. The van der Waals surface area contributed by atoms with Gasteiger partial charge in [-0.05, 0) is 85.6 Å². The second-order valence-electron chi connectivity index (χ2n) is 15.4. The number of ketones is 2. The number of benzene rings is 4. The number of hydrogen-bond acceptors (Lipinski definition) is 5. The van der Waals surface area contributed by atoms with E-state index in [2.05, 4.69) is 97.1 Å². The van der Waals surface area contributed by atoms with Crippen molar-refractivity contribution in [3.63, 3.8) is 0 Å². The first-order valence-electron chi connectivity index (χ1n) is 17.3. The third kappa shape index (κ3) is 6.48. The highest BCUT2D eigenvalue weighted by Crippen LogP contribution is 2.55. The lowest BCUT2D eigenvalue weighted by molar-refractivity contribution is -0.119. The molecule has 0 spiro atoms. The Labute approximate surface area is 298 Å². The molecule has 0 bridgehead atoms. The predicted molar refractivity (Wildman–Crippen MR) is 199 cm³/mol. The van der Waals surface area contributed by atoms with Crippen LogP contribution < -0.4 is 9.47 Å². The van der Waals surface area contributed by atoms with Crippen molar-refractivity contribution in [1.82, 2.24) is 4.90 Å². The number of methoxy groups -OCH3 is 1. The number of hydrogen-bond donors (Lipinski definition) is 0. The van der Waals surface area contributed by atoms with Crippen LogP contribution in [0.2, 0.25) is 0 Å². The molecular weight excluding hydrogens is 674 g/mol. The molecule has 0 radical (unpaired) electrons. The lowest BCUT2D eigenvalue weighted by Gasteiger charge is -2.49. The summed E-state index contributed by atoms with van der Waals surface area (Å²) in [5.74, 6) is 0.929. The minimum absolute atomic E-state index is 0.122. The van der Waals surface area contributed by atoms with Gasteiger partial charge >= 0.3 is 0 Å². The van der Waals surface area contributed by atoms with E-state index in [1.165, 1.54) is 5.56 Å². The van der Waals surface area contributed by atoms with Crippen LogP contribution in [0.5, 0.6) is 11.5 Å². The highest BCUT2D eigenvalue weighted by molar-refractivity contribution is 9.10. The molecule has 49 heavy (non-hydrogen) atoms. The third-order valence-corrected chi connectivity index (χ3v) is 10.9. The smallest absolute Gasteiger partial charge is 0.175 e. The highest BCUT2D eigenvalue weighted by Gasteiger charge is 2.49. The van der Waals surface area contributed by atoms with Crippen molar-refractivity contribution in [2.45, 2.75) is 72.3 Å². The molecule has 7 rings (SSSR count). The number of Topliss-reactive ketones (excluding diaryl/α,β-unsaturated/α-hetero) is 2. The van der Waals surface area contributed by atoms with Gasteiger partial charge in [-0.3, -0.25) is 9.59 Å². The molecule has 0 saturated heterocycles. The number of allylic oxidation sites excluding steroid dienone is 4. The number of halogens is 1. The number of fused-ring (bicyclic) bond motifs is 1. The number of carbonyl (C=O) groups excluding carboxylic acids is 2. The Bertz CT molecular complexity index is 1960. The molecule has 0 N–H and O–H groups in total. The maximum absolute atomic E-state index is 14.3. The molecule has 0 atom stereocenters. The highest BCUT2D eigenvalue weighted by atomic mass is 79.9. The Morgan fingerprint density at radius 2 is 1.39 bits per heavy atom. The fourth-order valence-corrected chi connectivity index (χ4v) is 8.73. The molecule has 0 unspecified atom stereocenters. The van der Waals surface area contributed by atoms with E-state index in [4.69, 9.17) is 9.47 Å². The van der Waals surface area contributed by atoms with Gasteiger partial charge in [0.1, 0.15) is 6.61 Å². The molecular formula is C43H44BrNO4. The molecule has 5 nitrogen and oxygen atoms in total. The fraction of sp³-hybridized carbons (Fsp3) is 0.349. The summed E-state index contributed by atoms with van der Waals surface area (Å²) < 4.78 is 13.2. The Balaban J connectivity index is 1.33. The Morgan fingerprint density at radius 1 is 0.776 bits per heavy atom. The molecule has 0 aromatic heterocycles. The molecule has 2 aliphatic carbocycles. The largest absolute Gasteiger partial charge is 0.493 e. The topological polar surface area (TPSA) is 55.8 Å².